The van der Waals surface area contributed by atoms with Gasteiger partial charge in [-0.15, -0.1) is 0 Å². The molecule has 7 heteroatoms. The van der Waals surface area contributed by atoms with Crippen molar-refractivity contribution >= 4 is 11.5 Å². The van der Waals surface area contributed by atoms with E-state index in [-0.39, 0.29) is 11.1 Å². The van der Waals surface area contributed by atoms with E-state index in [0.717, 1.165) is 55.9 Å². The van der Waals surface area contributed by atoms with E-state index in [2.05, 4.69) is 64.1 Å². The third-order valence-corrected chi connectivity index (χ3v) is 9.23. The van der Waals surface area contributed by atoms with Crippen molar-refractivity contribution in [3.05, 3.63) is 60.2 Å². The zero-order valence-electron chi connectivity index (χ0n) is 21.3. The lowest BCUT2D eigenvalue weighted by Crippen LogP contribution is -2.57. The van der Waals surface area contributed by atoms with Gasteiger partial charge in [0.1, 0.15) is 5.82 Å². The van der Waals surface area contributed by atoms with Crippen molar-refractivity contribution in [3.8, 4) is 0 Å². The Morgan fingerprint density at radius 2 is 1.80 bits per heavy atom. The first kappa shape index (κ1) is 23.0. The lowest BCUT2D eigenvalue weighted by Gasteiger charge is -2.52. The molecule has 1 saturated heterocycles. The molecule has 2 aliphatic carbocycles. The van der Waals surface area contributed by atoms with E-state index in [4.69, 9.17) is 4.98 Å². The van der Waals surface area contributed by atoms with Crippen LogP contribution in [0.15, 0.2) is 48.9 Å². The highest BCUT2D eigenvalue weighted by atomic mass is 16.3. The molecule has 2 saturated carbocycles. The number of hydrogen-bond acceptors (Lipinski definition) is 6. The highest BCUT2D eigenvalue weighted by molar-refractivity contribution is 5.47. The molecule has 1 N–H and O–H groups in total. The minimum atomic E-state index is -0.645. The molecular formula is C28H38N6O. The van der Waals surface area contributed by atoms with Crippen LogP contribution in [0, 0.1) is 12.8 Å². The first-order chi connectivity index (χ1) is 16.9. The molecule has 7 nitrogen and oxygen atoms in total. The Labute approximate surface area is 208 Å². The summed E-state index contributed by atoms with van der Waals surface area (Å²) < 4.78 is 2.03. The summed E-state index contributed by atoms with van der Waals surface area (Å²) in [5, 5.41) is 11.7. The van der Waals surface area contributed by atoms with Gasteiger partial charge in [-0.1, -0.05) is 36.8 Å². The van der Waals surface area contributed by atoms with Crippen LogP contribution in [0.1, 0.15) is 56.2 Å². The van der Waals surface area contributed by atoms with E-state index >= 15 is 0 Å². The summed E-state index contributed by atoms with van der Waals surface area (Å²) in [5.41, 5.74) is 3.23. The largest absolute Gasteiger partial charge is 0.361 e. The summed E-state index contributed by atoms with van der Waals surface area (Å²) in [7, 11) is 4.44. The molecule has 1 spiro atoms. The molecule has 3 heterocycles. The Kier molecular flexibility index (Phi) is 5.62. The Bertz CT molecular complexity index is 1180. The zero-order valence-corrected chi connectivity index (χ0v) is 21.3. The average Bonchev–Trinajstić information content (AvgIpc) is 3.33. The maximum atomic E-state index is 11.7. The van der Waals surface area contributed by atoms with Crippen LogP contribution in [0.4, 0.5) is 5.82 Å². The number of imidazole rings is 1. The minimum Gasteiger partial charge on any atom is -0.361 e. The van der Waals surface area contributed by atoms with Crippen LogP contribution in [0.2, 0.25) is 0 Å². The molecule has 1 aromatic carbocycles. The molecule has 3 fully saturated rings. The van der Waals surface area contributed by atoms with Gasteiger partial charge in [0.2, 0.25) is 0 Å². The van der Waals surface area contributed by atoms with Gasteiger partial charge in [-0.25, -0.2) is 9.97 Å². The number of aryl methyl sites for hydroxylation is 1. The maximum absolute atomic E-state index is 11.7. The minimum absolute atomic E-state index is 0.0369. The predicted octanol–water partition coefficient (Wildman–Crippen LogP) is 4.01. The molecule has 6 rings (SSSR count). The Morgan fingerprint density at radius 1 is 1.06 bits per heavy atom. The van der Waals surface area contributed by atoms with Crippen molar-refractivity contribution in [3.63, 3.8) is 0 Å². The number of anilines is 1. The number of aliphatic hydroxyl groups is 1. The van der Waals surface area contributed by atoms with Crippen molar-refractivity contribution in [1.82, 2.24) is 24.2 Å². The fraction of sp³-hybridized carbons (Fsp3) is 0.571. The standard InChI is InChI=1S/C28H38N6O/c1-21-17-32-19-25(29-16-24(32)30-21)33-20-27(34(26(33)35)18-22-8-7-9-22)12-14-28(15-13-27,31(2)3)23-10-5-4-6-11-23/h4-6,10-11,16-17,19,22,26,35H,7-9,12-15,18,20H2,1-3H3/t26?,27-,28+. The third-order valence-electron chi connectivity index (χ3n) is 9.23. The van der Waals surface area contributed by atoms with Crippen molar-refractivity contribution < 1.29 is 5.11 Å². The molecule has 186 valence electrons. The van der Waals surface area contributed by atoms with Crippen molar-refractivity contribution in [1.29, 1.82) is 0 Å². The smallest absolute Gasteiger partial charge is 0.188 e. The predicted molar refractivity (Wildman–Crippen MR) is 138 cm³/mol. The molecule has 3 aromatic rings. The highest BCUT2D eigenvalue weighted by Gasteiger charge is 2.55. The number of nitrogens with zero attached hydrogens (tertiary/aromatic N) is 6. The molecule has 3 aliphatic rings. The molecule has 1 aliphatic heterocycles. The van der Waals surface area contributed by atoms with Gasteiger partial charge in [0, 0.05) is 30.4 Å². The molecule has 0 amide bonds. The second-order valence-corrected chi connectivity index (χ2v) is 11.3. The number of benzene rings is 1. The van der Waals surface area contributed by atoms with E-state index in [1.165, 1.54) is 24.8 Å². The SMILES string of the molecule is Cc1cn2cc(N3C[C@]4(CC[C@](c5ccccc5)(N(C)C)CC4)N(CC4CCC4)C3O)ncc2n1. The highest BCUT2D eigenvalue weighted by Crippen LogP contribution is 2.50. The molecule has 0 radical (unpaired) electrons. The second-order valence-electron chi connectivity index (χ2n) is 11.3. The number of fused-ring (bicyclic) bond motifs is 1. The van der Waals surface area contributed by atoms with E-state index in [1.54, 1.807) is 0 Å². The number of aliphatic hydroxyl groups excluding tert-OH is 1. The second kappa shape index (κ2) is 8.57. The fourth-order valence-corrected chi connectivity index (χ4v) is 6.82. The summed E-state index contributed by atoms with van der Waals surface area (Å²) in [5.74, 6) is 1.52. The zero-order chi connectivity index (χ0) is 24.2. The van der Waals surface area contributed by atoms with E-state index < -0.39 is 6.35 Å². The van der Waals surface area contributed by atoms with Crippen molar-refractivity contribution in [2.45, 2.75) is 69.3 Å². The van der Waals surface area contributed by atoms with Gasteiger partial charge < -0.3 is 14.4 Å². The molecule has 1 atom stereocenters. The van der Waals surface area contributed by atoms with Gasteiger partial charge in [-0.2, -0.15) is 0 Å². The van der Waals surface area contributed by atoms with Crippen molar-refractivity contribution in [2.75, 3.05) is 32.1 Å². The lowest BCUT2D eigenvalue weighted by molar-refractivity contribution is -0.0661. The lowest BCUT2D eigenvalue weighted by atomic mass is 9.68. The average molecular weight is 475 g/mol. The topological polar surface area (TPSA) is 60.1 Å². The van der Waals surface area contributed by atoms with E-state index in [0.29, 0.717) is 5.92 Å². The van der Waals surface area contributed by atoms with Crippen LogP contribution >= 0.6 is 0 Å². The molecule has 35 heavy (non-hydrogen) atoms. The quantitative estimate of drug-likeness (QED) is 0.603. The van der Waals surface area contributed by atoms with Gasteiger partial charge >= 0.3 is 0 Å². The van der Waals surface area contributed by atoms with Gasteiger partial charge in [0.15, 0.2) is 12.0 Å². The molecular weight excluding hydrogens is 436 g/mol. The number of aromatic nitrogens is 3. The Morgan fingerprint density at radius 3 is 2.46 bits per heavy atom. The summed E-state index contributed by atoms with van der Waals surface area (Å²) in [4.78, 5) is 16.2. The summed E-state index contributed by atoms with van der Waals surface area (Å²) >= 11 is 0. The van der Waals surface area contributed by atoms with Crippen LogP contribution in [0.5, 0.6) is 0 Å². The Balaban J connectivity index is 1.32. The van der Waals surface area contributed by atoms with Crippen molar-refractivity contribution in [2.24, 2.45) is 5.92 Å². The van der Waals surface area contributed by atoms with E-state index in [1.807, 2.05) is 29.9 Å². The normalized spacial score (nSPS) is 30.0. The molecule has 1 unspecified atom stereocenters. The van der Waals surface area contributed by atoms with Crippen LogP contribution in [-0.2, 0) is 5.54 Å². The fourth-order valence-electron chi connectivity index (χ4n) is 6.82. The number of hydrogen-bond donors (Lipinski definition) is 1. The Hall–Kier alpha value is -2.48. The van der Waals surface area contributed by atoms with Gasteiger partial charge in [-0.3, -0.25) is 9.80 Å². The summed E-state index contributed by atoms with van der Waals surface area (Å²) in [6, 6.07) is 11.0. The van der Waals surface area contributed by atoms with Gasteiger partial charge in [-0.05, 0) is 71.0 Å². The van der Waals surface area contributed by atoms with Crippen LogP contribution in [0.3, 0.4) is 0 Å². The van der Waals surface area contributed by atoms with Crippen LogP contribution < -0.4 is 4.90 Å². The summed E-state index contributed by atoms with van der Waals surface area (Å²) in [6.07, 6.45) is 13.4. The molecule has 2 aromatic heterocycles. The van der Waals surface area contributed by atoms with Crippen LogP contribution in [0.25, 0.3) is 5.65 Å². The number of rotatable bonds is 5. The van der Waals surface area contributed by atoms with Gasteiger partial charge in [0.25, 0.3) is 0 Å². The van der Waals surface area contributed by atoms with E-state index in [9.17, 15) is 5.11 Å². The summed E-state index contributed by atoms with van der Waals surface area (Å²) in [6.45, 7) is 3.79. The monoisotopic (exact) mass is 474 g/mol. The first-order valence-corrected chi connectivity index (χ1v) is 13.2. The third kappa shape index (κ3) is 3.76. The molecule has 0 bridgehead atoms. The van der Waals surface area contributed by atoms with Gasteiger partial charge in [0.05, 0.1) is 18.1 Å². The maximum Gasteiger partial charge on any atom is 0.188 e. The first-order valence-electron chi connectivity index (χ1n) is 13.2. The van der Waals surface area contributed by atoms with Crippen LogP contribution in [-0.4, -0.2) is 68.4 Å².